The lowest BCUT2D eigenvalue weighted by Crippen LogP contribution is -2.36. The first-order valence-corrected chi connectivity index (χ1v) is 13.4. The highest BCUT2D eigenvalue weighted by atomic mass is 35.5. The van der Waals surface area contributed by atoms with Crippen molar-refractivity contribution in [2.45, 2.75) is 32.1 Å². The Morgan fingerprint density at radius 2 is 1.97 bits per heavy atom. The molecule has 0 radical (unpaired) electrons. The molecule has 1 aliphatic heterocycles. The van der Waals surface area contributed by atoms with Gasteiger partial charge in [-0.25, -0.2) is 13.8 Å². The highest BCUT2D eigenvalue weighted by Crippen LogP contribution is 2.36. The maximum Gasteiger partial charge on any atom is 0.276 e. The van der Waals surface area contributed by atoms with Crippen molar-refractivity contribution in [1.29, 1.82) is 0 Å². The van der Waals surface area contributed by atoms with Crippen LogP contribution in [0, 0.1) is 6.92 Å². The van der Waals surface area contributed by atoms with E-state index in [1.54, 1.807) is 35.6 Å². The number of benzene rings is 2. The maximum atomic E-state index is 14.6. The van der Waals surface area contributed by atoms with Gasteiger partial charge in [0.15, 0.2) is 0 Å². The van der Waals surface area contributed by atoms with E-state index in [4.69, 9.17) is 28.2 Å². The first-order valence-electron chi connectivity index (χ1n) is 12.6. The van der Waals surface area contributed by atoms with Crippen LogP contribution in [0.5, 0.6) is 0 Å². The largest absolute Gasteiger partial charge is 0.395 e. The number of halogens is 4. The molecule has 1 fully saturated rings. The SMILES string of the molecule is C=CCC(F)(F)c1cc(C)c2nc(Cc3c(Cl)ccc(C(=O)N4CCCN(CCO)CC4)c3Cl)n(C)c2c1. The Labute approximate surface area is 231 Å². The lowest BCUT2D eigenvalue weighted by molar-refractivity contribution is -0.000800. The fourth-order valence-electron chi connectivity index (χ4n) is 4.97. The first-order chi connectivity index (χ1) is 18.1. The van der Waals surface area contributed by atoms with Crippen LogP contribution < -0.4 is 0 Å². The zero-order valence-corrected chi connectivity index (χ0v) is 23.1. The summed E-state index contributed by atoms with van der Waals surface area (Å²) in [6.45, 7) is 8.50. The molecule has 0 spiro atoms. The predicted molar refractivity (Wildman–Crippen MR) is 147 cm³/mol. The molecule has 10 heteroatoms. The van der Waals surface area contributed by atoms with Crippen LogP contribution in [0.1, 0.15) is 45.7 Å². The van der Waals surface area contributed by atoms with Gasteiger partial charge >= 0.3 is 0 Å². The minimum atomic E-state index is -3.03. The van der Waals surface area contributed by atoms with Crippen LogP contribution in [0.15, 0.2) is 36.9 Å². The Kier molecular flexibility index (Phi) is 8.77. The van der Waals surface area contributed by atoms with Gasteiger partial charge in [-0.2, -0.15) is 0 Å². The lowest BCUT2D eigenvalue weighted by Gasteiger charge is -2.22. The minimum Gasteiger partial charge on any atom is -0.395 e. The minimum absolute atomic E-state index is 0.0839. The summed E-state index contributed by atoms with van der Waals surface area (Å²) in [7, 11) is 1.77. The van der Waals surface area contributed by atoms with E-state index in [0.717, 1.165) is 13.0 Å². The number of allylic oxidation sites excluding steroid dienone is 1. The lowest BCUT2D eigenvalue weighted by atomic mass is 10.0. The second-order valence-electron chi connectivity index (χ2n) is 9.72. The number of nitrogens with zero attached hydrogens (tertiary/aromatic N) is 4. The third-order valence-electron chi connectivity index (χ3n) is 7.14. The topological polar surface area (TPSA) is 61.6 Å². The fourth-order valence-corrected chi connectivity index (χ4v) is 5.55. The number of aromatic nitrogens is 2. The molecule has 1 amide bonds. The average molecular weight is 565 g/mol. The van der Waals surface area contributed by atoms with Gasteiger partial charge in [-0.05, 0) is 55.3 Å². The molecule has 4 rings (SSSR count). The summed E-state index contributed by atoms with van der Waals surface area (Å²) in [5.74, 6) is -2.61. The number of carbonyl (C=O) groups is 1. The van der Waals surface area contributed by atoms with Crippen LogP contribution in [0.4, 0.5) is 8.78 Å². The summed E-state index contributed by atoms with van der Waals surface area (Å²) in [4.78, 5) is 22.1. The molecule has 2 heterocycles. The summed E-state index contributed by atoms with van der Waals surface area (Å²) in [6, 6.07) is 6.23. The van der Waals surface area contributed by atoms with Gasteiger partial charge in [-0.1, -0.05) is 29.3 Å². The molecule has 1 aliphatic rings. The molecule has 0 unspecified atom stereocenters. The molecule has 0 atom stereocenters. The molecule has 6 nitrogen and oxygen atoms in total. The van der Waals surface area contributed by atoms with Crippen LogP contribution in [0.25, 0.3) is 11.0 Å². The molecule has 1 aromatic heterocycles. The molecule has 1 saturated heterocycles. The number of hydrogen-bond acceptors (Lipinski definition) is 4. The molecule has 0 saturated carbocycles. The van der Waals surface area contributed by atoms with Crippen LogP contribution in [-0.4, -0.2) is 69.7 Å². The third kappa shape index (κ3) is 5.73. The third-order valence-corrected chi connectivity index (χ3v) is 7.92. The number of aliphatic hydroxyl groups excluding tert-OH is 1. The van der Waals surface area contributed by atoms with Gasteiger partial charge in [0, 0.05) is 56.7 Å². The van der Waals surface area contributed by atoms with Gasteiger partial charge in [0.05, 0.1) is 28.2 Å². The van der Waals surface area contributed by atoms with E-state index in [-0.39, 0.29) is 29.5 Å². The maximum absolute atomic E-state index is 14.6. The molecular weight excluding hydrogens is 533 g/mol. The van der Waals surface area contributed by atoms with Crippen LogP contribution in [0.3, 0.4) is 0 Å². The Morgan fingerprint density at radius 3 is 2.68 bits per heavy atom. The van der Waals surface area contributed by atoms with E-state index in [9.17, 15) is 18.7 Å². The molecule has 1 N–H and O–H groups in total. The van der Waals surface area contributed by atoms with Crippen molar-refractivity contribution >= 4 is 40.1 Å². The monoisotopic (exact) mass is 564 g/mol. The number of fused-ring (bicyclic) bond motifs is 1. The molecule has 3 aromatic rings. The van der Waals surface area contributed by atoms with Crippen LogP contribution >= 0.6 is 23.2 Å². The summed E-state index contributed by atoms with van der Waals surface area (Å²) >= 11 is 13.3. The number of carbonyl (C=O) groups excluding carboxylic acids is 1. The number of amides is 1. The number of aliphatic hydroxyl groups is 1. The van der Waals surface area contributed by atoms with Crippen molar-refractivity contribution in [3.05, 3.63) is 75.0 Å². The Bertz CT molecular complexity index is 1360. The van der Waals surface area contributed by atoms with Crippen molar-refractivity contribution in [2.75, 3.05) is 39.3 Å². The molecule has 2 aromatic carbocycles. The van der Waals surface area contributed by atoms with Gasteiger partial charge in [-0.15, -0.1) is 6.58 Å². The van der Waals surface area contributed by atoms with E-state index in [0.29, 0.717) is 64.7 Å². The number of β-amino-alcohol motifs (C(OH)–C–C–N with tert-alkyl or cyclic N) is 1. The first kappa shape index (κ1) is 28.5. The van der Waals surface area contributed by atoms with Crippen molar-refractivity contribution in [3.63, 3.8) is 0 Å². The van der Waals surface area contributed by atoms with E-state index >= 15 is 0 Å². The molecular formula is C28H32Cl2F2N4O2. The van der Waals surface area contributed by atoms with E-state index < -0.39 is 12.3 Å². The number of imidazole rings is 1. The zero-order valence-electron chi connectivity index (χ0n) is 21.6. The van der Waals surface area contributed by atoms with Gasteiger partial charge < -0.3 is 14.6 Å². The summed E-state index contributed by atoms with van der Waals surface area (Å²) in [6.07, 6.45) is 1.79. The smallest absolute Gasteiger partial charge is 0.276 e. The van der Waals surface area contributed by atoms with E-state index in [1.807, 2.05) is 0 Å². The normalized spacial score (nSPS) is 15.2. The highest BCUT2D eigenvalue weighted by molar-refractivity contribution is 6.38. The van der Waals surface area contributed by atoms with Crippen molar-refractivity contribution in [3.8, 4) is 0 Å². The second-order valence-corrected chi connectivity index (χ2v) is 10.5. The standard InChI is InChI=1S/C28H32Cl2F2N4O2/c1-4-8-28(31,32)19-15-18(2)26-23(16-19)34(3)24(33-26)17-21-22(29)7-6-20(25(21)30)27(38)36-10-5-9-35(11-12-36)13-14-37/h4,6-7,15-16,37H,1,5,8-14,17H2,2-3H3. The number of alkyl halides is 2. The molecule has 0 aliphatic carbocycles. The van der Waals surface area contributed by atoms with Crippen molar-refractivity contribution < 1.29 is 18.7 Å². The number of rotatable bonds is 8. The highest BCUT2D eigenvalue weighted by Gasteiger charge is 2.31. The molecule has 38 heavy (non-hydrogen) atoms. The number of aryl methyl sites for hydroxylation is 2. The molecule has 0 bridgehead atoms. The number of hydrogen-bond donors (Lipinski definition) is 1. The van der Waals surface area contributed by atoms with Gasteiger partial charge in [0.2, 0.25) is 0 Å². The Balaban J connectivity index is 1.65. The summed E-state index contributed by atoms with van der Waals surface area (Å²) in [5, 5.41) is 9.90. The summed E-state index contributed by atoms with van der Waals surface area (Å²) < 4.78 is 31.0. The van der Waals surface area contributed by atoms with Crippen molar-refractivity contribution in [2.24, 2.45) is 7.05 Å². The zero-order chi connectivity index (χ0) is 27.6. The summed E-state index contributed by atoms with van der Waals surface area (Å²) in [5.41, 5.74) is 2.68. The van der Waals surface area contributed by atoms with E-state index in [1.165, 1.54) is 18.2 Å². The Hall–Kier alpha value is -2.52. The van der Waals surface area contributed by atoms with Crippen molar-refractivity contribution in [1.82, 2.24) is 19.4 Å². The average Bonchev–Trinajstić information content (AvgIpc) is 3.02. The van der Waals surface area contributed by atoms with Gasteiger partial charge in [0.25, 0.3) is 11.8 Å². The second kappa shape index (κ2) is 11.7. The van der Waals surface area contributed by atoms with E-state index in [2.05, 4.69) is 11.5 Å². The van der Waals surface area contributed by atoms with Gasteiger partial charge in [0.1, 0.15) is 5.82 Å². The quantitative estimate of drug-likeness (QED) is 0.362. The predicted octanol–water partition coefficient (Wildman–Crippen LogP) is 5.59. The molecule has 204 valence electrons. The van der Waals surface area contributed by atoms with Gasteiger partial charge in [-0.3, -0.25) is 9.69 Å². The van der Waals surface area contributed by atoms with Crippen LogP contribution in [-0.2, 0) is 19.4 Å². The van der Waals surface area contributed by atoms with Crippen LogP contribution in [0.2, 0.25) is 10.0 Å². The fraction of sp³-hybridized carbons (Fsp3) is 0.429. The Morgan fingerprint density at radius 1 is 1.21 bits per heavy atom.